The molecule has 2 nitrogen and oxygen atoms in total. The molecule has 1 aliphatic rings. The molecule has 0 aromatic heterocycles. The molecule has 0 saturated heterocycles. The van der Waals surface area contributed by atoms with E-state index in [0.717, 1.165) is 19.3 Å². The zero-order chi connectivity index (χ0) is 14.8. The number of alkyl halides is 1. The van der Waals surface area contributed by atoms with Crippen molar-refractivity contribution in [1.29, 1.82) is 0 Å². The first-order valence-electron chi connectivity index (χ1n) is 7.10. The van der Waals surface area contributed by atoms with Gasteiger partial charge in [0.05, 0.1) is 5.54 Å². The molecule has 4 heteroatoms. The smallest absolute Gasteiger partial charge is 0.251 e. The van der Waals surface area contributed by atoms with Crippen molar-refractivity contribution < 1.29 is 9.18 Å². The first kappa shape index (κ1) is 15.3. The van der Waals surface area contributed by atoms with Crippen molar-refractivity contribution in [3.05, 3.63) is 35.1 Å². The maximum atomic E-state index is 13.6. The van der Waals surface area contributed by atoms with Crippen molar-refractivity contribution in [3.63, 3.8) is 0 Å². The molecule has 0 radical (unpaired) electrons. The van der Waals surface area contributed by atoms with Crippen LogP contribution in [-0.4, -0.2) is 17.3 Å². The van der Waals surface area contributed by atoms with Crippen LogP contribution < -0.4 is 5.32 Å². The van der Waals surface area contributed by atoms with Crippen molar-refractivity contribution in [2.24, 2.45) is 5.92 Å². The first-order valence-corrected chi connectivity index (χ1v) is 7.64. The molecule has 1 aromatic rings. The maximum Gasteiger partial charge on any atom is 0.251 e. The molecular weight excluding hydrogens is 277 g/mol. The van der Waals surface area contributed by atoms with Gasteiger partial charge in [0.25, 0.3) is 5.91 Å². The van der Waals surface area contributed by atoms with E-state index >= 15 is 0 Å². The zero-order valence-electron chi connectivity index (χ0n) is 12.0. The molecule has 2 unspecified atom stereocenters. The summed E-state index contributed by atoms with van der Waals surface area (Å²) in [6.45, 7) is 3.86. The number of hydrogen-bond acceptors (Lipinski definition) is 1. The molecule has 0 bridgehead atoms. The third kappa shape index (κ3) is 3.32. The van der Waals surface area contributed by atoms with E-state index < -0.39 is 0 Å². The van der Waals surface area contributed by atoms with Gasteiger partial charge in [-0.1, -0.05) is 25.8 Å². The highest BCUT2D eigenvalue weighted by atomic mass is 35.5. The number of carbonyl (C=O) groups is 1. The molecule has 2 atom stereocenters. The number of amides is 1. The number of carbonyl (C=O) groups excluding carboxylic acids is 1. The molecule has 1 aromatic carbocycles. The van der Waals surface area contributed by atoms with Crippen LogP contribution in [0.25, 0.3) is 0 Å². The van der Waals surface area contributed by atoms with Gasteiger partial charge in [-0.2, -0.15) is 0 Å². The van der Waals surface area contributed by atoms with Crippen LogP contribution >= 0.6 is 11.6 Å². The molecule has 20 heavy (non-hydrogen) atoms. The van der Waals surface area contributed by atoms with E-state index in [0.29, 0.717) is 22.9 Å². The topological polar surface area (TPSA) is 29.1 Å². The summed E-state index contributed by atoms with van der Waals surface area (Å²) in [5.74, 6) is 0.364. The Bertz CT molecular complexity index is 505. The fraction of sp³-hybridized carbons (Fsp3) is 0.562. The number of nitrogens with one attached hydrogen (secondary N) is 1. The van der Waals surface area contributed by atoms with Crippen molar-refractivity contribution in [2.75, 3.05) is 5.88 Å². The largest absolute Gasteiger partial charge is 0.345 e. The SMILES string of the molecule is Cc1ccc(C(=O)NC2(CCl)CCCC(C)C2)cc1F. The van der Waals surface area contributed by atoms with Crippen molar-refractivity contribution >= 4 is 17.5 Å². The van der Waals surface area contributed by atoms with Gasteiger partial charge in [-0.3, -0.25) is 4.79 Å². The monoisotopic (exact) mass is 297 g/mol. The molecule has 0 heterocycles. The van der Waals surface area contributed by atoms with Gasteiger partial charge in [0.1, 0.15) is 5.82 Å². The van der Waals surface area contributed by atoms with Crippen LogP contribution in [-0.2, 0) is 0 Å². The Morgan fingerprint density at radius 3 is 2.90 bits per heavy atom. The van der Waals surface area contributed by atoms with E-state index in [9.17, 15) is 9.18 Å². The first-order chi connectivity index (χ1) is 9.46. The Balaban J connectivity index is 2.14. The minimum atomic E-state index is -0.352. The number of benzene rings is 1. The third-order valence-electron chi connectivity index (χ3n) is 4.16. The van der Waals surface area contributed by atoms with Gasteiger partial charge >= 0.3 is 0 Å². The van der Waals surface area contributed by atoms with Gasteiger partial charge in [0.15, 0.2) is 0 Å². The summed E-state index contributed by atoms with van der Waals surface area (Å²) < 4.78 is 13.6. The maximum absolute atomic E-state index is 13.6. The van der Waals surface area contributed by atoms with Crippen LogP contribution in [0.2, 0.25) is 0 Å². The summed E-state index contributed by atoms with van der Waals surface area (Å²) in [4.78, 5) is 12.3. The molecule has 1 N–H and O–H groups in total. The number of hydrogen-bond donors (Lipinski definition) is 1. The second kappa shape index (κ2) is 6.13. The second-order valence-corrected chi connectivity index (χ2v) is 6.30. The van der Waals surface area contributed by atoms with Crippen LogP contribution in [0.3, 0.4) is 0 Å². The van der Waals surface area contributed by atoms with E-state index in [1.807, 2.05) is 0 Å². The normalized spacial score (nSPS) is 26.3. The van der Waals surface area contributed by atoms with Gasteiger partial charge in [0, 0.05) is 11.4 Å². The third-order valence-corrected chi connectivity index (χ3v) is 4.67. The van der Waals surface area contributed by atoms with Gasteiger partial charge in [0.2, 0.25) is 0 Å². The summed E-state index contributed by atoms with van der Waals surface area (Å²) in [5, 5.41) is 3.04. The quantitative estimate of drug-likeness (QED) is 0.838. The lowest BCUT2D eigenvalue weighted by atomic mass is 9.77. The highest BCUT2D eigenvalue weighted by Gasteiger charge is 2.35. The van der Waals surface area contributed by atoms with Gasteiger partial charge < -0.3 is 5.32 Å². The van der Waals surface area contributed by atoms with Crippen LogP contribution in [0.15, 0.2) is 18.2 Å². The lowest BCUT2D eigenvalue weighted by molar-refractivity contribution is 0.0867. The summed E-state index contributed by atoms with van der Waals surface area (Å²) >= 11 is 6.10. The summed E-state index contributed by atoms with van der Waals surface area (Å²) in [7, 11) is 0. The predicted molar refractivity (Wildman–Crippen MR) is 79.7 cm³/mol. The Labute approximate surface area is 124 Å². The lowest BCUT2D eigenvalue weighted by Crippen LogP contribution is -2.52. The van der Waals surface area contributed by atoms with E-state index in [-0.39, 0.29) is 17.3 Å². The van der Waals surface area contributed by atoms with Crippen LogP contribution in [0.5, 0.6) is 0 Å². The van der Waals surface area contributed by atoms with E-state index in [1.54, 1.807) is 19.1 Å². The van der Waals surface area contributed by atoms with E-state index in [2.05, 4.69) is 12.2 Å². The summed E-state index contributed by atoms with van der Waals surface area (Å²) in [5.41, 5.74) is 0.549. The molecule has 2 rings (SSSR count). The average molecular weight is 298 g/mol. The predicted octanol–water partition coefficient (Wildman–Crippen LogP) is 4.05. The standard InChI is InChI=1S/C16H21ClFNO/c1-11-4-3-7-16(9-11,10-17)19-15(20)13-6-5-12(2)14(18)8-13/h5-6,8,11H,3-4,7,9-10H2,1-2H3,(H,19,20). The minimum absolute atomic E-state index is 0.237. The fourth-order valence-corrected chi connectivity index (χ4v) is 3.29. The highest BCUT2D eigenvalue weighted by Crippen LogP contribution is 2.33. The minimum Gasteiger partial charge on any atom is -0.345 e. The zero-order valence-corrected chi connectivity index (χ0v) is 12.8. The molecule has 1 saturated carbocycles. The molecule has 110 valence electrons. The Hall–Kier alpha value is -1.09. The van der Waals surface area contributed by atoms with Crippen LogP contribution in [0, 0.1) is 18.7 Å². The number of halogens is 2. The fourth-order valence-electron chi connectivity index (χ4n) is 2.98. The van der Waals surface area contributed by atoms with E-state index in [1.165, 1.54) is 12.5 Å². The lowest BCUT2D eigenvalue weighted by Gasteiger charge is -2.39. The Morgan fingerprint density at radius 1 is 1.55 bits per heavy atom. The van der Waals surface area contributed by atoms with Crippen LogP contribution in [0.4, 0.5) is 4.39 Å². The number of aryl methyl sites for hydroxylation is 1. The summed E-state index contributed by atoms with van der Waals surface area (Å²) in [6, 6.07) is 4.57. The van der Waals surface area contributed by atoms with Gasteiger partial charge in [-0.25, -0.2) is 4.39 Å². The van der Waals surface area contributed by atoms with Gasteiger partial charge in [-0.15, -0.1) is 11.6 Å². The van der Waals surface area contributed by atoms with Crippen molar-refractivity contribution in [1.82, 2.24) is 5.32 Å². The Kier molecular flexibility index (Phi) is 4.69. The summed E-state index contributed by atoms with van der Waals surface area (Å²) in [6.07, 6.45) is 4.02. The average Bonchev–Trinajstić information content (AvgIpc) is 2.41. The molecule has 0 spiro atoms. The second-order valence-electron chi connectivity index (χ2n) is 6.03. The molecule has 1 fully saturated rings. The van der Waals surface area contributed by atoms with E-state index in [4.69, 9.17) is 11.6 Å². The van der Waals surface area contributed by atoms with Gasteiger partial charge in [-0.05, 0) is 43.4 Å². The molecule has 1 amide bonds. The van der Waals surface area contributed by atoms with Crippen molar-refractivity contribution in [2.45, 2.75) is 45.1 Å². The Morgan fingerprint density at radius 2 is 2.30 bits per heavy atom. The molecule has 1 aliphatic carbocycles. The van der Waals surface area contributed by atoms with Crippen molar-refractivity contribution in [3.8, 4) is 0 Å². The van der Waals surface area contributed by atoms with Crippen LogP contribution in [0.1, 0.15) is 48.5 Å². The number of rotatable bonds is 3. The molecular formula is C16H21ClFNO. The highest BCUT2D eigenvalue weighted by molar-refractivity contribution is 6.19. The molecule has 0 aliphatic heterocycles.